The van der Waals surface area contributed by atoms with E-state index in [1.54, 1.807) is 64.3 Å². The zero-order valence-electron chi connectivity index (χ0n) is 46.9. The second kappa shape index (κ2) is 33.9. The zero-order valence-corrected chi connectivity index (χ0v) is 47.7. The van der Waals surface area contributed by atoms with Gasteiger partial charge in [-0.15, -0.1) is 0 Å². The molecule has 0 aromatic heterocycles. The number of aliphatic carboxylic acids is 1. The summed E-state index contributed by atoms with van der Waals surface area (Å²) in [6.07, 6.45) is 0.623. The Labute approximate surface area is 476 Å². The van der Waals surface area contributed by atoms with E-state index in [0.717, 1.165) is 4.90 Å². The average molecular weight is 1150 g/mol. The molecule has 18 N–H and O–H groups in total. The van der Waals surface area contributed by atoms with E-state index in [1.807, 2.05) is 0 Å². The molecule has 0 unspecified atom stereocenters. The molecule has 1 heterocycles. The normalized spacial score (nSPS) is 16.8. The highest BCUT2D eigenvalue weighted by Gasteiger charge is 2.42. The van der Waals surface area contributed by atoms with Crippen LogP contribution in [0, 0.1) is 11.8 Å². The maximum atomic E-state index is 14.5. The minimum atomic E-state index is -1.69. The molecule has 2 aromatic carbocycles. The van der Waals surface area contributed by atoms with E-state index < -0.39 is 132 Å². The maximum absolute atomic E-state index is 14.5. The number of aliphatic imine (C=N–C) groups is 1. The van der Waals surface area contributed by atoms with Gasteiger partial charge in [0.05, 0.1) is 18.6 Å². The molecule has 1 saturated heterocycles. The second-order valence-corrected chi connectivity index (χ2v) is 21.6. The summed E-state index contributed by atoms with van der Waals surface area (Å²) < 4.78 is 0. The molecule has 26 nitrogen and oxygen atoms in total. The highest BCUT2D eigenvalue weighted by atomic mass is 32.2. The van der Waals surface area contributed by atoms with Crippen LogP contribution in [0.15, 0.2) is 59.6 Å². The Hall–Kier alpha value is -7.52. The van der Waals surface area contributed by atoms with Crippen molar-refractivity contribution in [2.24, 2.45) is 39.8 Å². The predicted octanol–water partition coefficient (Wildman–Crippen LogP) is -1.87. The molecule has 11 atom stereocenters. The van der Waals surface area contributed by atoms with Crippen LogP contribution >= 0.6 is 11.8 Å². The molecule has 1 aliphatic rings. The third kappa shape index (κ3) is 22.9. The summed E-state index contributed by atoms with van der Waals surface area (Å²) in [5.74, 6) is -9.55. The first-order valence-electron chi connectivity index (χ1n) is 27.0. The highest BCUT2D eigenvalue weighted by Crippen LogP contribution is 2.21. The number of rotatable bonds is 34. The van der Waals surface area contributed by atoms with Crippen LogP contribution in [0.5, 0.6) is 5.75 Å². The number of hydrogen-bond acceptors (Lipinski definition) is 15. The quantitative estimate of drug-likeness (QED) is 0.0207. The van der Waals surface area contributed by atoms with Crippen molar-refractivity contribution in [3.8, 4) is 5.75 Å². The fourth-order valence-electron chi connectivity index (χ4n) is 8.83. The number of phenols is 1. The van der Waals surface area contributed by atoms with Gasteiger partial charge in [0.2, 0.25) is 53.2 Å². The van der Waals surface area contributed by atoms with Crippen molar-refractivity contribution in [2.75, 3.05) is 25.1 Å². The fourth-order valence-corrected chi connectivity index (χ4v) is 9.30. The van der Waals surface area contributed by atoms with Crippen LogP contribution in [0.2, 0.25) is 0 Å². The first-order chi connectivity index (χ1) is 38.3. The van der Waals surface area contributed by atoms with E-state index in [2.05, 4.69) is 42.2 Å². The second-order valence-electron chi connectivity index (χ2n) is 20.6. The number of benzene rings is 2. The number of nitrogens with zero attached hydrogens (tertiary/aromatic N) is 2. The number of guanidine groups is 1. The first kappa shape index (κ1) is 67.8. The molecule has 1 fully saturated rings. The van der Waals surface area contributed by atoms with E-state index in [0.29, 0.717) is 36.1 Å². The Morgan fingerprint density at radius 1 is 0.691 bits per heavy atom. The molecule has 448 valence electrons. The summed E-state index contributed by atoms with van der Waals surface area (Å²) >= 11 is 1.33. The van der Waals surface area contributed by atoms with Crippen molar-refractivity contribution in [1.29, 1.82) is 0 Å². The maximum Gasteiger partial charge on any atom is 0.326 e. The number of hydrogen-bond donors (Lipinski definition) is 14. The van der Waals surface area contributed by atoms with Crippen molar-refractivity contribution in [3.63, 3.8) is 0 Å². The Morgan fingerprint density at radius 2 is 1.22 bits per heavy atom. The Morgan fingerprint density at radius 3 is 1.78 bits per heavy atom. The van der Waals surface area contributed by atoms with Gasteiger partial charge in [0, 0.05) is 25.9 Å². The lowest BCUT2D eigenvalue weighted by atomic mass is 9.98. The molecule has 2 aromatic rings. The molecule has 27 heteroatoms. The lowest BCUT2D eigenvalue weighted by Gasteiger charge is -2.32. The number of nitrogens with one attached hydrogen (secondary N) is 7. The summed E-state index contributed by atoms with van der Waals surface area (Å²) in [5.41, 5.74) is 23.4. The number of likely N-dealkylation sites (tertiary alicyclic amines) is 1. The molecular weight excluding hydrogens is 1070 g/mol. The zero-order chi connectivity index (χ0) is 60.5. The SMILES string of the molecule is CC[C@H](C)[C@H](NC(=O)[C@H](Cc1ccc(O)cc1)NC(=O)[C@@H]1CCCN1C(=O)[C@@H](NC(=O)[C@H](Cc1ccccc1)NC(=O)[C@H](CCSC)NC(=O)[C@H](CC(N)=O)NC(=O)[C@H](CC(C)C)NC(=O)[C@@H](N)CCCN=C(N)N)[C@@H](C)O)C(=O)O. The number of aromatic hydroxyl groups is 1. The third-order valence-electron chi connectivity index (χ3n) is 13.5. The molecule has 9 amide bonds. The molecule has 0 bridgehead atoms. The first-order valence-corrected chi connectivity index (χ1v) is 28.4. The van der Waals surface area contributed by atoms with Crippen molar-refractivity contribution in [1.82, 2.24) is 42.1 Å². The van der Waals surface area contributed by atoms with Gasteiger partial charge in [-0.2, -0.15) is 11.8 Å². The van der Waals surface area contributed by atoms with Crippen LogP contribution in [0.4, 0.5) is 0 Å². The van der Waals surface area contributed by atoms with E-state index >= 15 is 0 Å². The summed E-state index contributed by atoms with van der Waals surface area (Å²) in [4.78, 5) is 142. The number of aliphatic hydroxyl groups excluding tert-OH is 1. The summed E-state index contributed by atoms with van der Waals surface area (Å²) in [6, 6.07) is 2.00. The molecule has 3 rings (SSSR count). The van der Waals surface area contributed by atoms with Gasteiger partial charge < -0.3 is 80.4 Å². The molecule has 0 aliphatic carbocycles. The van der Waals surface area contributed by atoms with Crippen LogP contribution in [-0.4, -0.2) is 171 Å². The third-order valence-corrected chi connectivity index (χ3v) is 14.2. The van der Waals surface area contributed by atoms with Gasteiger partial charge in [0.1, 0.15) is 54.1 Å². The van der Waals surface area contributed by atoms with Gasteiger partial charge in [-0.1, -0.05) is 76.6 Å². The van der Waals surface area contributed by atoms with Crippen molar-refractivity contribution < 1.29 is 63.3 Å². The monoisotopic (exact) mass is 1150 g/mol. The molecular formula is C54H83N13O13S. The van der Waals surface area contributed by atoms with Crippen molar-refractivity contribution in [3.05, 3.63) is 65.7 Å². The number of carboxylic acids is 1. The lowest BCUT2D eigenvalue weighted by molar-refractivity contribution is -0.145. The number of amides is 9. The largest absolute Gasteiger partial charge is 0.508 e. The summed E-state index contributed by atoms with van der Waals surface area (Å²) in [5, 5.41) is 49.0. The van der Waals surface area contributed by atoms with E-state index in [9.17, 15) is 63.3 Å². The number of aliphatic hydroxyl groups is 1. The number of carboxylic acid groups (broad SMARTS) is 1. The molecule has 0 radical (unpaired) electrons. The van der Waals surface area contributed by atoms with Crippen molar-refractivity contribution >= 4 is 76.9 Å². The standard InChI is InChI=1S/C54H83N13O13S/c1-7-30(4)43(53(79)80)65-49(75)39(27-33-17-19-34(69)20-18-33)64-51(77)41-16-12-23-67(41)52(78)44(31(5)68)66-50(76)38(26-32-13-9-8-10-14-32)62-46(72)36(21-24-81-6)60-48(74)40(28-42(56)70)63-47(73)37(25-29(2)3)61-45(71)35(55)15-11-22-59-54(57)58/h8-10,13-14,17-20,29-31,35-41,43-44,68-69H,7,11-12,15-16,21-28,55H2,1-6H3,(H2,56,70)(H,60,74)(H,61,71)(H,62,72)(H,63,73)(H,64,77)(H,65,75)(H,66,76)(H,79,80)(H4,57,58,59)/t30-,31+,35-,36-,37-,38-,39-,40-,41-,43-,44-/m0/s1. The lowest BCUT2D eigenvalue weighted by Crippen LogP contribution is -2.62. The smallest absolute Gasteiger partial charge is 0.326 e. The average Bonchev–Trinajstić information content (AvgIpc) is 3.95. The highest BCUT2D eigenvalue weighted by molar-refractivity contribution is 7.98. The van der Waals surface area contributed by atoms with Crippen LogP contribution in [0.25, 0.3) is 0 Å². The number of primary amides is 1. The van der Waals surface area contributed by atoms with Gasteiger partial charge in [0.25, 0.3) is 0 Å². The topological polar surface area (TPSA) is 435 Å². The van der Waals surface area contributed by atoms with Gasteiger partial charge in [-0.25, -0.2) is 4.79 Å². The van der Waals surface area contributed by atoms with Gasteiger partial charge >= 0.3 is 5.97 Å². The number of phenolic OH excluding ortho intramolecular Hbond substituents is 1. The van der Waals surface area contributed by atoms with Crippen LogP contribution in [-0.2, 0) is 60.8 Å². The van der Waals surface area contributed by atoms with E-state index in [4.69, 9.17) is 22.9 Å². The van der Waals surface area contributed by atoms with E-state index in [1.165, 1.54) is 43.0 Å². The number of thioether (sulfide) groups is 1. The van der Waals surface area contributed by atoms with Crippen LogP contribution < -0.4 is 60.2 Å². The Bertz CT molecular complexity index is 2480. The number of carbonyl (C=O) groups excluding carboxylic acids is 9. The predicted molar refractivity (Wildman–Crippen MR) is 303 cm³/mol. The number of nitrogens with two attached hydrogens (primary N) is 4. The Kier molecular flexibility index (Phi) is 28.4. The minimum Gasteiger partial charge on any atom is -0.508 e. The van der Waals surface area contributed by atoms with E-state index in [-0.39, 0.29) is 69.2 Å². The van der Waals surface area contributed by atoms with Gasteiger partial charge in [0.15, 0.2) is 5.96 Å². The summed E-state index contributed by atoms with van der Waals surface area (Å²) in [6.45, 7) is 8.46. The Balaban J connectivity index is 1.89. The van der Waals surface area contributed by atoms with Crippen LogP contribution in [0.3, 0.4) is 0 Å². The molecule has 1 aliphatic heterocycles. The molecule has 81 heavy (non-hydrogen) atoms. The fraction of sp³-hybridized carbons (Fsp3) is 0.574. The minimum absolute atomic E-state index is 0.00209. The van der Waals surface area contributed by atoms with Gasteiger partial charge in [-0.3, -0.25) is 48.1 Å². The van der Waals surface area contributed by atoms with Gasteiger partial charge in [-0.05, 0) is 92.6 Å². The molecule has 0 spiro atoms. The summed E-state index contributed by atoms with van der Waals surface area (Å²) in [7, 11) is 0. The van der Waals surface area contributed by atoms with Crippen LogP contribution in [0.1, 0.15) is 97.1 Å². The molecule has 0 saturated carbocycles. The van der Waals surface area contributed by atoms with Crippen molar-refractivity contribution in [2.45, 2.75) is 159 Å². The number of carbonyl (C=O) groups is 10.